The summed E-state index contributed by atoms with van der Waals surface area (Å²) < 4.78 is 5.55. The minimum atomic E-state index is -0.379. The van der Waals surface area contributed by atoms with Crippen molar-refractivity contribution < 1.29 is 14.6 Å². The van der Waals surface area contributed by atoms with Gasteiger partial charge in [-0.15, -0.1) is 0 Å². The molecule has 2 rings (SSSR count). The van der Waals surface area contributed by atoms with Gasteiger partial charge in [-0.1, -0.05) is 18.2 Å². The molecule has 5 nitrogen and oxygen atoms in total. The summed E-state index contributed by atoms with van der Waals surface area (Å²) in [5, 5.41) is 12.4. The molecule has 1 aromatic rings. The van der Waals surface area contributed by atoms with Gasteiger partial charge in [-0.25, -0.2) is 4.79 Å². The number of rotatable bonds is 5. The van der Waals surface area contributed by atoms with E-state index in [-0.39, 0.29) is 12.1 Å². The van der Waals surface area contributed by atoms with Crippen molar-refractivity contribution in [3.05, 3.63) is 30.3 Å². The fourth-order valence-electron chi connectivity index (χ4n) is 2.23. The Bertz CT molecular complexity index is 411. The Labute approximate surface area is 119 Å². The molecule has 1 saturated heterocycles. The van der Waals surface area contributed by atoms with Crippen LogP contribution in [-0.4, -0.2) is 48.4 Å². The number of hydrogen-bond acceptors (Lipinski definition) is 3. The van der Waals surface area contributed by atoms with E-state index >= 15 is 0 Å². The van der Waals surface area contributed by atoms with Crippen LogP contribution in [-0.2, 0) is 0 Å². The number of carbonyl (C=O) groups is 1. The standard InChI is InChI=1S/C15H22N2O3/c18-13-6-4-10-17(12-13)15(19)16-9-5-11-20-14-7-2-1-3-8-14/h1-3,7-8,13,18H,4-6,9-12H2,(H,16,19). The normalized spacial score (nSPS) is 18.6. The number of hydrogen-bond donors (Lipinski definition) is 2. The molecule has 0 saturated carbocycles. The van der Waals surface area contributed by atoms with Gasteiger partial charge in [0.15, 0.2) is 0 Å². The first-order valence-corrected chi connectivity index (χ1v) is 7.14. The van der Waals surface area contributed by atoms with Crippen LogP contribution in [0.4, 0.5) is 4.79 Å². The third kappa shape index (κ3) is 4.74. The van der Waals surface area contributed by atoms with Gasteiger partial charge in [0, 0.05) is 19.6 Å². The molecule has 0 spiro atoms. The number of piperidine rings is 1. The minimum absolute atomic E-state index is 0.0940. The van der Waals surface area contributed by atoms with E-state index in [9.17, 15) is 9.90 Å². The molecule has 2 amide bonds. The van der Waals surface area contributed by atoms with Gasteiger partial charge >= 0.3 is 6.03 Å². The third-order valence-electron chi connectivity index (χ3n) is 3.29. The highest BCUT2D eigenvalue weighted by Crippen LogP contribution is 2.10. The Hall–Kier alpha value is -1.75. The van der Waals surface area contributed by atoms with Gasteiger partial charge in [0.1, 0.15) is 5.75 Å². The maximum absolute atomic E-state index is 11.8. The number of nitrogens with zero attached hydrogens (tertiary/aromatic N) is 1. The van der Waals surface area contributed by atoms with Crippen LogP contribution in [0.1, 0.15) is 19.3 Å². The molecule has 1 heterocycles. The lowest BCUT2D eigenvalue weighted by Crippen LogP contribution is -2.47. The van der Waals surface area contributed by atoms with Gasteiger partial charge in [-0.2, -0.15) is 0 Å². The van der Waals surface area contributed by atoms with Crippen LogP contribution in [0.15, 0.2) is 30.3 Å². The molecule has 0 radical (unpaired) electrons. The van der Waals surface area contributed by atoms with Crippen molar-refractivity contribution in [3.8, 4) is 5.75 Å². The van der Waals surface area contributed by atoms with Gasteiger partial charge in [-0.05, 0) is 31.4 Å². The van der Waals surface area contributed by atoms with Gasteiger partial charge in [0.05, 0.1) is 12.7 Å². The summed E-state index contributed by atoms with van der Waals surface area (Å²) in [6.45, 7) is 2.32. The molecule has 1 aromatic carbocycles. The summed E-state index contributed by atoms with van der Waals surface area (Å²) in [6, 6.07) is 9.53. The van der Waals surface area contributed by atoms with Crippen LogP contribution in [0, 0.1) is 0 Å². The summed E-state index contributed by atoms with van der Waals surface area (Å²) >= 11 is 0. The SMILES string of the molecule is O=C(NCCCOc1ccccc1)N1CCCC(O)C1. The molecule has 1 aliphatic heterocycles. The van der Waals surface area contributed by atoms with Crippen molar-refractivity contribution in [3.63, 3.8) is 0 Å². The summed E-state index contributed by atoms with van der Waals surface area (Å²) in [5.74, 6) is 0.845. The fourth-order valence-corrected chi connectivity index (χ4v) is 2.23. The van der Waals surface area contributed by atoms with Crippen molar-refractivity contribution in [2.24, 2.45) is 0 Å². The van der Waals surface area contributed by atoms with Crippen LogP contribution in [0.3, 0.4) is 0 Å². The first-order chi connectivity index (χ1) is 9.75. The van der Waals surface area contributed by atoms with Gasteiger partial charge in [0.2, 0.25) is 0 Å². The van der Waals surface area contributed by atoms with E-state index < -0.39 is 0 Å². The van der Waals surface area contributed by atoms with E-state index in [1.165, 1.54) is 0 Å². The highest BCUT2D eigenvalue weighted by molar-refractivity contribution is 5.74. The highest BCUT2D eigenvalue weighted by Gasteiger charge is 2.21. The maximum atomic E-state index is 11.8. The van der Waals surface area contributed by atoms with Crippen LogP contribution in [0.2, 0.25) is 0 Å². The van der Waals surface area contributed by atoms with Crippen LogP contribution in [0.25, 0.3) is 0 Å². The Morgan fingerprint density at radius 3 is 2.95 bits per heavy atom. The second-order valence-corrected chi connectivity index (χ2v) is 4.99. The molecular formula is C15H22N2O3. The summed E-state index contributed by atoms with van der Waals surface area (Å²) in [6.07, 6.45) is 2.04. The van der Waals surface area contributed by atoms with Gasteiger partial charge < -0.3 is 20.1 Å². The predicted molar refractivity (Wildman–Crippen MR) is 76.8 cm³/mol. The zero-order chi connectivity index (χ0) is 14.2. The molecule has 1 aliphatic rings. The molecule has 0 aromatic heterocycles. The lowest BCUT2D eigenvalue weighted by atomic mass is 10.1. The van der Waals surface area contributed by atoms with Crippen molar-refractivity contribution in [2.75, 3.05) is 26.2 Å². The van der Waals surface area contributed by atoms with E-state index in [1.54, 1.807) is 4.90 Å². The number of urea groups is 1. The molecule has 0 bridgehead atoms. The Kier molecular flexibility index (Phi) is 5.68. The van der Waals surface area contributed by atoms with Crippen molar-refractivity contribution >= 4 is 6.03 Å². The monoisotopic (exact) mass is 278 g/mol. The summed E-state index contributed by atoms with van der Waals surface area (Å²) in [7, 11) is 0. The number of amides is 2. The summed E-state index contributed by atoms with van der Waals surface area (Å²) in [5.41, 5.74) is 0. The van der Waals surface area contributed by atoms with E-state index in [0.717, 1.165) is 31.6 Å². The number of aliphatic hydroxyl groups is 1. The van der Waals surface area contributed by atoms with Gasteiger partial charge in [-0.3, -0.25) is 0 Å². The minimum Gasteiger partial charge on any atom is -0.494 e. The van der Waals surface area contributed by atoms with E-state index in [1.807, 2.05) is 30.3 Å². The lowest BCUT2D eigenvalue weighted by molar-refractivity contribution is 0.0842. The number of β-amino-alcohol motifs (C(OH)–C–C–N with tert-alkyl or cyclic N) is 1. The number of ether oxygens (including phenoxy) is 1. The molecule has 20 heavy (non-hydrogen) atoms. The fraction of sp³-hybridized carbons (Fsp3) is 0.533. The van der Waals surface area contributed by atoms with Crippen molar-refractivity contribution in [1.29, 1.82) is 0 Å². The molecule has 1 unspecified atom stereocenters. The summed E-state index contributed by atoms with van der Waals surface area (Å²) in [4.78, 5) is 13.5. The number of para-hydroxylation sites is 1. The molecule has 0 aliphatic carbocycles. The Morgan fingerprint density at radius 2 is 2.20 bits per heavy atom. The zero-order valence-corrected chi connectivity index (χ0v) is 11.6. The number of benzene rings is 1. The number of aliphatic hydroxyl groups excluding tert-OH is 1. The zero-order valence-electron chi connectivity index (χ0n) is 11.6. The van der Waals surface area contributed by atoms with E-state index in [2.05, 4.69) is 5.32 Å². The van der Waals surface area contributed by atoms with E-state index in [0.29, 0.717) is 19.7 Å². The average Bonchev–Trinajstić information content (AvgIpc) is 2.48. The first-order valence-electron chi connectivity index (χ1n) is 7.14. The topological polar surface area (TPSA) is 61.8 Å². The quantitative estimate of drug-likeness (QED) is 0.805. The average molecular weight is 278 g/mol. The smallest absolute Gasteiger partial charge is 0.317 e. The molecule has 110 valence electrons. The molecule has 1 atom stereocenters. The van der Waals surface area contributed by atoms with Gasteiger partial charge in [0.25, 0.3) is 0 Å². The second-order valence-electron chi connectivity index (χ2n) is 4.99. The van der Waals surface area contributed by atoms with Crippen LogP contribution in [0.5, 0.6) is 5.75 Å². The Balaban J connectivity index is 1.57. The third-order valence-corrected chi connectivity index (χ3v) is 3.29. The predicted octanol–water partition coefficient (Wildman–Crippen LogP) is 1.62. The van der Waals surface area contributed by atoms with Crippen molar-refractivity contribution in [1.82, 2.24) is 10.2 Å². The van der Waals surface area contributed by atoms with Crippen LogP contribution >= 0.6 is 0 Å². The number of carbonyl (C=O) groups excluding carboxylic acids is 1. The first kappa shape index (κ1) is 14.7. The largest absolute Gasteiger partial charge is 0.494 e. The Morgan fingerprint density at radius 1 is 1.40 bits per heavy atom. The maximum Gasteiger partial charge on any atom is 0.317 e. The highest BCUT2D eigenvalue weighted by atomic mass is 16.5. The van der Waals surface area contributed by atoms with Crippen molar-refractivity contribution in [2.45, 2.75) is 25.4 Å². The lowest BCUT2D eigenvalue weighted by Gasteiger charge is -2.30. The molecule has 2 N–H and O–H groups in total. The number of nitrogens with one attached hydrogen (secondary N) is 1. The van der Waals surface area contributed by atoms with Crippen LogP contribution < -0.4 is 10.1 Å². The second kappa shape index (κ2) is 7.75. The number of likely N-dealkylation sites (tertiary alicyclic amines) is 1. The molecule has 1 fully saturated rings. The molecular weight excluding hydrogens is 256 g/mol. The molecule has 5 heteroatoms. The van der Waals surface area contributed by atoms with E-state index in [4.69, 9.17) is 4.74 Å².